The van der Waals surface area contributed by atoms with Gasteiger partial charge in [-0.1, -0.05) is 0 Å². The molecule has 0 aliphatic carbocycles. The van der Waals surface area contributed by atoms with Gasteiger partial charge in [0.25, 0.3) is 5.91 Å². The number of aromatic nitrogens is 1. The standard InChI is InChI=1S/C27H33FN4O4/c1-16(2)36-22-6-8-25(35-15-22)27(33)32-12-17-9-18(28)11-29-26(17)30-23-7-4-19(10-24(23)32)31-13-21-5-3-20(31)14-34-21/h4,7,9-11,16,20-22,25H,3,5-6,8,12-15H2,1-2H3,(H,29,30)/t20?,21-,22-,25+/m0/s1. The number of carbonyl (C=O) groups is 1. The predicted octanol–water partition coefficient (Wildman–Crippen LogP) is 4.15. The minimum atomic E-state index is -0.573. The van der Waals surface area contributed by atoms with E-state index in [2.05, 4.69) is 27.3 Å². The molecule has 5 aliphatic heterocycles. The lowest BCUT2D eigenvalue weighted by molar-refractivity contribution is -0.143. The molecule has 4 saturated heterocycles. The van der Waals surface area contributed by atoms with E-state index < -0.39 is 11.9 Å². The first-order valence-electron chi connectivity index (χ1n) is 13.0. The van der Waals surface area contributed by atoms with E-state index in [0.717, 1.165) is 49.5 Å². The summed E-state index contributed by atoms with van der Waals surface area (Å²) in [6.45, 7) is 6.18. The second-order valence-electron chi connectivity index (χ2n) is 10.5. The zero-order chi connectivity index (χ0) is 24.8. The van der Waals surface area contributed by atoms with Crippen LogP contribution < -0.4 is 15.1 Å². The van der Waals surface area contributed by atoms with Crippen molar-refractivity contribution in [1.82, 2.24) is 4.98 Å². The minimum absolute atomic E-state index is 0.00509. The fourth-order valence-electron chi connectivity index (χ4n) is 5.78. The van der Waals surface area contributed by atoms with E-state index in [1.807, 2.05) is 19.9 Å². The van der Waals surface area contributed by atoms with Crippen LogP contribution in [0.15, 0.2) is 30.5 Å². The molecule has 4 atom stereocenters. The van der Waals surface area contributed by atoms with Crippen molar-refractivity contribution in [1.29, 1.82) is 0 Å². The maximum absolute atomic E-state index is 14.1. The number of rotatable bonds is 4. The number of hydrogen-bond acceptors (Lipinski definition) is 7. The van der Waals surface area contributed by atoms with Gasteiger partial charge in [0.2, 0.25) is 0 Å². The highest BCUT2D eigenvalue weighted by Crippen LogP contribution is 2.40. The van der Waals surface area contributed by atoms with Crippen molar-refractivity contribution in [3.63, 3.8) is 0 Å². The topological polar surface area (TPSA) is 76.2 Å². The third-order valence-corrected chi connectivity index (χ3v) is 7.55. The van der Waals surface area contributed by atoms with Crippen molar-refractivity contribution in [3.05, 3.63) is 41.8 Å². The van der Waals surface area contributed by atoms with E-state index in [4.69, 9.17) is 14.2 Å². The van der Waals surface area contributed by atoms with Crippen LogP contribution in [0.3, 0.4) is 0 Å². The monoisotopic (exact) mass is 496 g/mol. The van der Waals surface area contributed by atoms with Crippen molar-refractivity contribution in [3.8, 4) is 0 Å². The average Bonchev–Trinajstić information content (AvgIpc) is 3.05. The van der Waals surface area contributed by atoms with E-state index in [1.54, 1.807) is 4.90 Å². The minimum Gasteiger partial charge on any atom is -0.374 e. The highest BCUT2D eigenvalue weighted by molar-refractivity contribution is 6.01. The summed E-state index contributed by atoms with van der Waals surface area (Å²) < 4.78 is 31.9. The van der Waals surface area contributed by atoms with Gasteiger partial charge >= 0.3 is 0 Å². The van der Waals surface area contributed by atoms with Crippen LogP contribution in [0.1, 0.15) is 45.1 Å². The molecule has 0 spiro atoms. The molecule has 0 saturated carbocycles. The number of fused-ring (bicyclic) bond motifs is 5. The van der Waals surface area contributed by atoms with Gasteiger partial charge < -0.3 is 29.3 Å². The predicted molar refractivity (Wildman–Crippen MR) is 134 cm³/mol. The molecule has 6 heterocycles. The van der Waals surface area contributed by atoms with Gasteiger partial charge in [0.05, 0.1) is 61.7 Å². The molecule has 0 radical (unpaired) electrons. The number of halogens is 1. The summed E-state index contributed by atoms with van der Waals surface area (Å²) in [6, 6.07) is 7.91. The van der Waals surface area contributed by atoms with Gasteiger partial charge in [0.15, 0.2) is 0 Å². The van der Waals surface area contributed by atoms with Gasteiger partial charge in [-0.3, -0.25) is 4.79 Å². The summed E-state index contributed by atoms with van der Waals surface area (Å²) >= 11 is 0. The Labute approximate surface area is 210 Å². The lowest BCUT2D eigenvalue weighted by Crippen LogP contribution is -2.54. The first kappa shape index (κ1) is 23.6. The van der Waals surface area contributed by atoms with Crippen LogP contribution in [0.5, 0.6) is 0 Å². The number of pyridine rings is 1. The molecule has 1 aromatic carbocycles. The number of nitrogens with one attached hydrogen (secondary N) is 1. The first-order chi connectivity index (χ1) is 17.4. The van der Waals surface area contributed by atoms with Crippen LogP contribution in [0.25, 0.3) is 0 Å². The molecule has 192 valence electrons. The second-order valence-corrected chi connectivity index (χ2v) is 10.5. The first-order valence-corrected chi connectivity index (χ1v) is 13.0. The number of ether oxygens (including phenoxy) is 3. The zero-order valence-corrected chi connectivity index (χ0v) is 20.8. The normalized spacial score (nSPS) is 27.3. The maximum Gasteiger partial charge on any atom is 0.256 e. The largest absolute Gasteiger partial charge is 0.374 e. The summed E-state index contributed by atoms with van der Waals surface area (Å²) in [5, 5.41) is 3.34. The second kappa shape index (κ2) is 9.61. The lowest BCUT2D eigenvalue weighted by atomic mass is 9.96. The Balaban J connectivity index is 1.32. The number of anilines is 4. The SMILES string of the molecule is CC(C)O[C@H]1CC[C@H](C(=O)N2Cc3cc(F)cnc3Nc3ccc(N4C[C@@H]5CCC4CO5)cc32)OC1. The molecular weight excluding hydrogens is 463 g/mol. The lowest BCUT2D eigenvalue weighted by Gasteiger charge is -2.46. The van der Waals surface area contributed by atoms with Crippen LogP contribution in [0.4, 0.5) is 27.3 Å². The Bertz CT molecular complexity index is 1130. The molecule has 1 N–H and O–H groups in total. The van der Waals surface area contributed by atoms with E-state index in [1.165, 1.54) is 12.3 Å². The van der Waals surface area contributed by atoms with Gasteiger partial charge in [-0.15, -0.1) is 0 Å². The van der Waals surface area contributed by atoms with E-state index in [0.29, 0.717) is 30.5 Å². The average molecular weight is 497 g/mol. The molecular formula is C27H33FN4O4. The van der Waals surface area contributed by atoms with Crippen molar-refractivity contribution >= 4 is 28.8 Å². The van der Waals surface area contributed by atoms with Crippen molar-refractivity contribution < 1.29 is 23.4 Å². The molecule has 5 aliphatic rings. The summed E-state index contributed by atoms with van der Waals surface area (Å²) in [4.78, 5) is 22.3. The number of morpholine rings is 1. The summed E-state index contributed by atoms with van der Waals surface area (Å²) in [6.07, 6.45) is 4.51. The molecule has 2 aromatic rings. The van der Waals surface area contributed by atoms with Crippen molar-refractivity contribution in [2.45, 2.75) is 76.5 Å². The molecule has 2 bridgehead atoms. The summed E-state index contributed by atoms with van der Waals surface area (Å²) in [7, 11) is 0. The summed E-state index contributed by atoms with van der Waals surface area (Å²) in [5.74, 6) is 0.00132. The highest BCUT2D eigenvalue weighted by atomic mass is 19.1. The van der Waals surface area contributed by atoms with E-state index in [-0.39, 0.29) is 30.8 Å². The van der Waals surface area contributed by atoms with Crippen LogP contribution >= 0.6 is 0 Å². The van der Waals surface area contributed by atoms with Crippen LogP contribution in [0, 0.1) is 5.82 Å². The number of hydrogen-bond donors (Lipinski definition) is 1. The Hall–Kier alpha value is -2.75. The Morgan fingerprint density at radius 2 is 2.06 bits per heavy atom. The van der Waals surface area contributed by atoms with Crippen molar-refractivity contribution in [2.24, 2.45) is 0 Å². The molecule has 4 fully saturated rings. The van der Waals surface area contributed by atoms with Gasteiger partial charge in [0.1, 0.15) is 17.7 Å². The number of benzene rings is 1. The number of amides is 1. The Morgan fingerprint density at radius 3 is 2.75 bits per heavy atom. The summed E-state index contributed by atoms with van der Waals surface area (Å²) in [5.41, 5.74) is 3.21. The number of carbonyl (C=O) groups excluding carboxylic acids is 1. The smallest absolute Gasteiger partial charge is 0.256 e. The van der Waals surface area contributed by atoms with Crippen LogP contribution in [-0.4, -0.2) is 61.1 Å². The molecule has 1 unspecified atom stereocenters. The molecule has 36 heavy (non-hydrogen) atoms. The fraction of sp³-hybridized carbons (Fsp3) is 0.556. The quantitative estimate of drug-likeness (QED) is 0.682. The van der Waals surface area contributed by atoms with Crippen LogP contribution in [-0.2, 0) is 25.5 Å². The zero-order valence-electron chi connectivity index (χ0n) is 20.8. The number of nitrogens with zero attached hydrogens (tertiary/aromatic N) is 3. The van der Waals surface area contributed by atoms with Crippen LogP contribution in [0.2, 0.25) is 0 Å². The molecule has 8 nitrogen and oxygen atoms in total. The van der Waals surface area contributed by atoms with Gasteiger partial charge in [-0.2, -0.15) is 0 Å². The fourth-order valence-corrected chi connectivity index (χ4v) is 5.78. The molecule has 9 heteroatoms. The molecule has 7 rings (SSSR count). The third-order valence-electron chi connectivity index (χ3n) is 7.55. The van der Waals surface area contributed by atoms with Gasteiger partial charge in [0, 0.05) is 17.8 Å². The molecule has 1 amide bonds. The van der Waals surface area contributed by atoms with E-state index >= 15 is 0 Å². The van der Waals surface area contributed by atoms with Gasteiger partial charge in [-0.25, -0.2) is 9.37 Å². The van der Waals surface area contributed by atoms with Crippen molar-refractivity contribution in [2.75, 3.05) is 34.9 Å². The Kier molecular flexibility index (Phi) is 6.31. The third kappa shape index (κ3) is 4.55. The Morgan fingerprint density at radius 1 is 1.17 bits per heavy atom. The number of piperidine rings is 1. The van der Waals surface area contributed by atoms with Gasteiger partial charge in [-0.05, 0) is 63.8 Å². The highest BCUT2D eigenvalue weighted by Gasteiger charge is 2.37. The van der Waals surface area contributed by atoms with E-state index in [9.17, 15) is 9.18 Å². The molecule has 1 aromatic heterocycles. The maximum atomic E-state index is 14.1.